The topological polar surface area (TPSA) is 57.5 Å². The SMILES string of the molecule is CCCCCCCCCCCCCCCCCCCc1ccccc1P(=O)(O)O. The largest absolute Gasteiger partial charge is 0.356 e. The first-order chi connectivity index (χ1) is 14.1. The number of hydrogen-bond donors (Lipinski definition) is 2. The summed E-state index contributed by atoms with van der Waals surface area (Å²) in [5.74, 6) is 0. The Bertz CT molecular complexity index is 553. The zero-order chi connectivity index (χ0) is 21.2. The number of benzene rings is 1. The van der Waals surface area contributed by atoms with Gasteiger partial charge in [-0.15, -0.1) is 0 Å². The molecule has 0 amide bonds. The second-order valence-electron chi connectivity index (χ2n) is 8.58. The second kappa shape index (κ2) is 17.1. The Morgan fingerprint density at radius 3 is 1.41 bits per heavy atom. The van der Waals surface area contributed by atoms with E-state index in [0.717, 1.165) is 24.8 Å². The third-order valence-corrected chi connectivity index (χ3v) is 6.92. The van der Waals surface area contributed by atoms with E-state index in [-0.39, 0.29) is 5.30 Å². The molecule has 29 heavy (non-hydrogen) atoms. The molecule has 0 saturated heterocycles. The van der Waals surface area contributed by atoms with Gasteiger partial charge in [0.2, 0.25) is 0 Å². The standard InChI is InChI=1S/C25H45O3P/c1-2-3-4-5-6-7-8-9-10-11-12-13-14-15-16-17-18-21-24-22-19-20-23-25(24)29(26,27)28/h19-20,22-23H,2-18,21H2,1H3,(H2,26,27,28). The fourth-order valence-electron chi connectivity index (χ4n) is 4.05. The second-order valence-corrected chi connectivity index (χ2v) is 10.1. The minimum atomic E-state index is -4.15. The van der Waals surface area contributed by atoms with Crippen molar-refractivity contribution in [2.75, 3.05) is 0 Å². The van der Waals surface area contributed by atoms with Gasteiger partial charge in [0.1, 0.15) is 0 Å². The van der Waals surface area contributed by atoms with E-state index < -0.39 is 7.60 Å². The van der Waals surface area contributed by atoms with Crippen molar-refractivity contribution in [1.29, 1.82) is 0 Å². The maximum atomic E-state index is 11.5. The summed E-state index contributed by atoms with van der Waals surface area (Å²) in [7, 11) is -4.15. The molecular weight excluding hydrogens is 379 g/mol. The monoisotopic (exact) mass is 424 g/mol. The Labute approximate surface area is 179 Å². The van der Waals surface area contributed by atoms with Crippen molar-refractivity contribution in [2.45, 2.75) is 122 Å². The average Bonchev–Trinajstić information content (AvgIpc) is 2.70. The van der Waals surface area contributed by atoms with Gasteiger partial charge in [-0.3, -0.25) is 4.57 Å². The molecule has 0 spiro atoms. The van der Waals surface area contributed by atoms with Gasteiger partial charge in [-0.05, 0) is 24.5 Å². The van der Waals surface area contributed by atoms with Crippen LogP contribution in [0.25, 0.3) is 0 Å². The van der Waals surface area contributed by atoms with E-state index >= 15 is 0 Å². The smallest absolute Gasteiger partial charge is 0.321 e. The van der Waals surface area contributed by atoms with Gasteiger partial charge in [-0.1, -0.05) is 128 Å². The fraction of sp³-hybridized carbons (Fsp3) is 0.760. The Balaban J connectivity index is 1.88. The normalized spacial score (nSPS) is 11.8. The zero-order valence-corrected chi connectivity index (χ0v) is 19.7. The quantitative estimate of drug-likeness (QED) is 0.177. The van der Waals surface area contributed by atoms with Crippen molar-refractivity contribution >= 4 is 12.9 Å². The van der Waals surface area contributed by atoms with Crippen LogP contribution >= 0.6 is 7.60 Å². The molecule has 1 aromatic rings. The summed E-state index contributed by atoms with van der Waals surface area (Å²) in [6.07, 6.45) is 23.6. The fourth-order valence-corrected chi connectivity index (χ4v) is 4.89. The van der Waals surface area contributed by atoms with E-state index in [1.807, 2.05) is 12.1 Å². The molecule has 0 unspecified atom stereocenters. The Hall–Kier alpha value is -0.630. The van der Waals surface area contributed by atoms with Gasteiger partial charge in [0, 0.05) is 0 Å². The van der Waals surface area contributed by atoms with Gasteiger partial charge >= 0.3 is 7.60 Å². The first kappa shape index (κ1) is 26.4. The van der Waals surface area contributed by atoms with Crippen LogP contribution in [0, 0.1) is 0 Å². The Kier molecular flexibility index (Phi) is 15.6. The maximum absolute atomic E-state index is 11.5. The minimum absolute atomic E-state index is 0.205. The summed E-state index contributed by atoms with van der Waals surface area (Å²) in [6.45, 7) is 2.28. The lowest BCUT2D eigenvalue weighted by Gasteiger charge is -2.10. The van der Waals surface area contributed by atoms with Crippen LogP contribution in [0.1, 0.15) is 122 Å². The molecule has 0 aliphatic rings. The molecule has 0 aliphatic carbocycles. The van der Waals surface area contributed by atoms with E-state index in [1.54, 1.807) is 12.1 Å². The molecule has 0 atom stereocenters. The molecule has 4 heteroatoms. The van der Waals surface area contributed by atoms with Gasteiger partial charge in [-0.2, -0.15) is 0 Å². The van der Waals surface area contributed by atoms with Crippen molar-refractivity contribution in [1.82, 2.24) is 0 Å². The van der Waals surface area contributed by atoms with E-state index in [4.69, 9.17) is 0 Å². The van der Waals surface area contributed by atoms with Gasteiger partial charge in [-0.25, -0.2) is 0 Å². The summed E-state index contributed by atoms with van der Waals surface area (Å²) >= 11 is 0. The van der Waals surface area contributed by atoms with E-state index in [9.17, 15) is 14.4 Å². The molecule has 1 rings (SSSR count). The highest BCUT2D eigenvalue weighted by Gasteiger charge is 2.20. The summed E-state index contributed by atoms with van der Waals surface area (Å²) in [6, 6.07) is 6.97. The lowest BCUT2D eigenvalue weighted by atomic mass is 10.0. The van der Waals surface area contributed by atoms with Crippen LogP contribution in [0.2, 0.25) is 0 Å². The summed E-state index contributed by atoms with van der Waals surface area (Å²) in [5, 5.41) is 0.205. The summed E-state index contributed by atoms with van der Waals surface area (Å²) in [4.78, 5) is 18.8. The Morgan fingerprint density at radius 2 is 1.00 bits per heavy atom. The molecular formula is C25H45O3P. The van der Waals surface area contributed by atoms with Gasteiger partial charge in [0.25, 0.3) is 0 Å². The predicted molar refractivity (Wildman–Crippen MR) is 126 cm³/mol. The number of rotatable bonds is 19. The summed E-state index contributed by atoms with van der Waals surface area (Å²) < 4.78 is 11.5. The van der Waals surface area contributed by atoms with Gasteiger partial charge < -0.3 is 9.79 Å². The molecule has 2 N–H and O–H groups in total. The van der Waals surface area contributed by atoms with Crippen LogP contribution in [0.3, 0.4) is 0 Å². The molecule has 1 aromatic carbocycles. The van der Waals surface area contributed by atoms with Crippen LogP contribution in [0.4, 0.5) is 0 Å². The van der Waals surface area contributed by atoms with E-state index in [1.165, 1.54) is 96.3 Å². The van der Waals surface area contributed by atoms with Crippen LogP contribution in [-0.2, 0) is 11.0 Å². The number of unbranched alkanes of at least 4 members (excludes halogenated alkanes) is 16. The van der Waals surface area contributed by atoms with Crippen molar-refractivity contribution in [3.63, 3.8) is 0 Å². The van der Waals surface area contributed by atoms with Gasteiger partial charge in [0.05, 0.1) is 5.30 Å². The van der Waals surface area contributed by atoms with Crippen LogP contribution in [0.5, 0.6) is 0 Å². The molecule has 0 aromatic heterocycles. The molecule has 0 bridgehead atoms. The molecule has 0 heterocycles. The van der Waals surface area contributed by atoms with Crippen molar-refractivity contribution < 1.29 is 14.4 Å². The maximum Gasteiger partial charge on any atom is 0.356 e. The van der Waals surface area contributed by atoms with E-state index in [0.29, 0.717) is 0 Å². The Morgan fingerprint density at radius 1 is 0.621 bits per heavy atom. The molecule has 0 radical (unpaired) electrons. The minimum Gasteiger partial charge on any atom is -0.321 e. The molecule has 0 saturated carbocycles. The number of aryl methyl sites for hydroxylation is 1. The highest BCUT2D eigenvalue weighted by molar-refractivity contribution is 7.60. The lowest BCUT2D eigenvalue weighted by molar-refractivity contribution is 0.387. The van der Waals surface area contributed by atoms with Crippen LogP contribution in [-0.4, -0.2) is 9.79 Å². The molecule has 0 aliphatic heterocycles. The average molecular weight is 425 g/mol. The predicted octanol–water partition coefficient (Wildman–Crippen LogP) is 7.68. The molecule has 168 valence electrons. The first-order valence-corrected chi connectivity index (χ1v) is 13.8. The highest BCUT2D eigenvalue weighted by atomic mass is 31.2. The van der Waals surface area contributed by atoms with E-state index in [2.05, 4.69) is 6.92 Å². The third kappa shape index (κ3) is 14.1. The zero-order valence-electron chi connectivity index (χ0n) is 18.8. The number of hydrogen-bond acceptors (Lipinski definition) is 1. The van der Waals surface area contributed by atoms with Gasteiger partial charge in [0.15, 0.2) is 0 Å². The van der Waals surface area contributed by atoms with Crippen LogP contribution in [0.15, 0.2) is 24.3 Å². The molecule has 3 nitrogen and oxygen atoms in total. The first-order valence-electron chi connectivity index (χ1n) is 12.2. The van der Waals surface area contributed by atoms with Crippen molar-refractivity contribution in [3.8, 4) is 0 Å². The van der Waals surface area contributed by atoms with Crippen LogP contribution < -0.4 is 5.30 Å². The van der Waals surface area contributed by atoms with Crippen molar-refractivity contribution in [3.05, 3.63) is 29.8 Å². The lowest BCUT2D eigenvalue weighted by Crippen LogP contribution is -2.10. The third-order valence-electron chi connectivity index (χ3n) is 5.86. The van der Waals surface area contributed by atoms with Crippen molar-refractivity contribution in [2.24, 2.45) is 0 Å². The highest BCUT2D eigenvalue weighted by Crippen LogP contribution is 2.34. The summed E-state index contributed by atoms with van der Waals surface area (Å²) in [5.41, 5.74) is 0.807. The molecule has 0 fully saturated rings.